The summed E-state index contributed by atoms with van der Waals surface area (Å²) in [5, 5.41) is 8.68. The van der Waals surface area contributed by atoms with Crippen LogP contribution in [0.1, 0.15) is 20.8 Å². The fourth-order valence-corrected chi connectivity index (χ4v) is 1.03. The number of carbonyl (C=O) groups is 2. The first-order chi connectivity index (χ1) is 7.76. The van der Waals surface area contributed by atoms with Gasteiger partial charge >= 0.3 is 5.97 Å². The van der Waals surface area contributed by atoms with Crippen LogP contribution in [0.3, 0.4) is 0 Å². The molecule has 1 N–H and O–H groups in total. The number of carboxylic acid groups (broad SMARTS) is 1. The molecule has 0 saturated heterocycles. The van der Waals surface area contributed by atoms with Gasteiger partial charge in [-0.15, -0.1) is 0 Å². The van der Waals surface area contributed by atoms with E-state index in [2.05, 4.69) is 0 Å². The van der Waals surface area contributed by atoms with Crippen molar-refractivity contribution in [3.05, 3.63) is 0 Å². The molecule has 0 aliphatic heterocycles. The molecule has 0 radical (unpaired) electrons. The van der Waals surface area contributed by atoms with Crippen LogP contribution in [-0.4, -0.2) is 60.9 Å². The maximum atomic E-state index is 11.7. The summed E-state index contributed by atoms with van der Waals surface area (Å²) in [6.07, 6.45) is 0. The molecule has 0 rings (SSSR count). The van der Waals surface area contributed by atoms with E-state index in [-0.39, 0.29) is 25.6 Å². The number of nitrogens with zero attached hydrogens (tertiary/aromatic N) is 1. The normalized spacial score (nSPS) is 11.3. The first-order valence-corrected chi connectivity index (χ1v) is 5.38. The molecule has 0 saturated carbocycles. The van der Waals surface area contributed by atoms with Crippen LogP contribution in [0.4, 0.5) is 0 Å². The second kappa shape index (κ2) is 7.24. The highest BCUT2D eigenvalue weighted by atomic mass is 16.5. The van der Waals surface area contributed by atoms with Crippen molar-refractivity contribution in [1.29, 1.82) is 0 Å². The number of amides is 1. The van der Waals surface area contributed by atoms with Gasteiger partial charge in [0.15, 0.2) is 0 Å². The summed E-state index contributed by atoms with van der Waals surface area (Å²) in [4.78, 5) is 23.5. The van der Waals surface area contributed by atoms with E-state index >= 15 is 0 Å². The lowest BCUT2D eigenvalue weighted by Crippen LogP contribution is -2.41. The molecular formula is C11H21NO5. The lowest BCUT2D eigenvalue weighted by molar-refractivity contribution is -0.149. The number of hydrogen-bond acceptors (Lipinski definition) is 4. The lowest BCUT2D eigenvalue weighted by Gasteiger charge is -2.24. The maximum Gasteiger partial charge on any atom is 0.323 e. The third-order valence-electron chi connectivity index (χ3n) is 1.87. The third-order valence-corrected chi connectivity index (χ3v) is 1.87. The minimum Gasteiger partial charge on any atom is -0.480 e. The van der Waals surface area contributed by atoms with Gasteiger partial charge in [-0.25, -0.2) is 0 Å². The van der Waals surface area contributed by atoms with Crippen LogP contribution in [0.15, 0.2) is 0 Å². The van der Waals surface area contributed by atoms with E-state index in [1.807, 2.05) is 20.8 Å². The van der Waals surface area contributed by atoms with Crippen LogP contribution in [0.5, 0.6) is 0 Å². The summed E-state index contributed by atoms with van der Waals surface area (Å²) in [6.45, 7) is 5.57. The van der Waals surface area contributed by atoms with Crippen molar-refractivity contribution in [3.8, 4) is 0 Å². The molecule has 0 unspecified atom stereocenters. The van der Waals surface area contributed by atoms with Crippen molar-refractivity contribution in [1.82, 2.24) is 4.90 Å². The zero-order valence-electron chi connectivity index (χ0n) is 10.9. The monoisotopic (exact) mass is 247 g/mol. The standard InChI is InChI=1S/C11H21NO5/c1-11(2,3)17-8-9(13)12(5-6-16-4)7-10(14)15/h5-8H2,1-4H3,(H,14,15). The van der Waals surface area contributed by atoms with Gasteiger partial charge in [-0.1, -0.05) is 0 Å². The summed E-state index contributed by atoms with van der Waals surface area (Å²) in [5.41, 5.74) is -0.425. The molecule has 0 heterocycles. The van der Waals surface area contributed by atoms with Gasteiger partial charge < -0.3 is 19.5 Å². The SMILES string of the molecule is COCCN(CC(=O)O)C(=O)COC(C)(C)C. The molecular weight excluding hydrogens is 226 g/mol. The van der Waals surface area contributed by atoms with Crippen LogP contribution < -0.4 is 0 Å². The van der Waals surface area contributed by atoms with Crippen LogP contribution >= 0.6 is 0 Å². The van der Waals surface area contributed by atoms with Crippen molar-refractivity contribution in [2.75, 3.05) is 33.4 Å². The number of ether oxygens (including phenoxy) is 2. The Labute approximate surface area is 101 Å². The maximum absolute atomic E-state index is 11.7. The first-order valence-electron chi connectivity index (χ1n) is 5.38. The molecule has 0 aromatic heterocycles. The minimum atomic E-state index is -1.05. The topological polar surface area (TPSA) is 76.1 Å². The molecule has 17 heavy (non-hydrogen) atoms. The van der Waals surface area contributed by atoms with E-state index in [0.717, 1.165) is 0 Å². The smallest absolute Gasteiger partial charge is 0.323 e. The van der Waals surface area contributed by atoms with E-state index in [0.29, 0.717) is 6.61 Å². The summed E-state index contributed by atoms with van der Waals surface area (Å²) in [6, 6.07) is 0. The molecule has 0 aromatic carbocycles. The Balaban J connectivity index is 4.26. The Bertz CT molecular complexity index is 259. The largest absolute Gasteiger partial charge is 0.480 e. The Morgan fingerprint density at radius 1 is 1.29 bits per heavy atom. The summed E-state index contributed by atoms with van der Waals surface area (Å²) in [5.74, 6) is -1.40. The fraction of sp³-hybridized carbons (Fsp3) is 0.818. The van der Waals surface area contributed by atoms with Gasteiger partial charge in [0.05, 0.1) is 12.2 Å². The molecule has 100 valence electrons. The Kier molecular flexibility index (Phi) is 6.75. The average Bonchev–Trinajstić information content (AvgIpc) is 2.19. The van der Waals surface area contributed by atoms with Gasteiger partial charge in [0.25, 0.3) is 0 Å². The van der Waals surface area contributed by atoms with Crippen molar-refractivity contribution in [2.24, 2.45) is 0 Å². The van der Waals surface area contributed by atoms with E-state index in [4.69, 9.17) is 14.6 Å². The van der Waals surface area contributed by atoms with E-state index in [1.54, 1.807) is 0 Å². The Morgan fingerprint density at radius 2 is 1.88 bits per heavy atom. The first kappa shape index (κ1) is 15.9. The number of methoxy groups -OCH3 is 1. The van der Waals surface area contributed by atoms with Crippen molar-refractivity contribution < 1.29 is 24.2 Å². The zero-order valence-corrected chi connectivity index (χ0v) is 10.9. The van der Waals surface area contributed by atoms with E-state index in [9.17, 15) is 9.59 Å². The highest BCUT2D eigenvalue weighted by Gasteiger charge is 2.19. The third kappa shape index (κ3) is 8.65. The molecule has 0 aromatic rings. The number of carboxylic acids is 1. The molecule has 0 bridgehead atoms. The predicted octanol–water partition coefficient (Wildman–Crippen LogP) is 0.361. The van der Waals surface area contributed by atoms with Crippen LogP contribution in [0.25, 0.3) is 0 Å². The van der Waals surface area contributed by atoms with Crippen LogP contribution in [0.2, 0.25) is 0 Å². The van der Waals surface area contributed by atoms with Crippen LogP contribution in [-0.2, 0) is 19.1 Å². The highest BCUT2D eigenvalue weighted by Crippen LogP contribution is 2.06. The van der Waals surface area contributed by atoms with Gasteiger partial charge in [0.2, 0.25) is 5.91 Å². The second-order valence-electron chi connectivity index (χ2n) is 4.60. The van der Waals surface area contributed by atoms with Gasteiger partial charge in [0.1, 0.15) is 13.2 Å². The van der Waals surface area contributed by atoms with Crippen molar-refractivity contribution in [2.45, 2.75) is 26.4 Å². The quantitative estimate of drug-likeness (QED) is 0.703. The van der Waals surface area contributed by atoms with E-state index < -0.39 is 11.6 Å². The number of aliphatic carboxylic acids is 1. The molecule has 0 spiro atoms. The molecule has 1 amide bonds. The van der Waals surface area contributed by atoms with Gasteiger partial charge in [-0.05, 0) is 20.8 Å². The summed E-state index contributed by atoms with van der Waals surface area (Å²) >= 11 is 0. The van der Waals surface area contributed by atoms with Gasteiger partial charge in [0, 0.05) is 13.7 Å². The zero-order chi connectivity index (χ0) is 13.5. The second-order valence-corrected chi connectivity index (χ2v) is 4.60. The molecule has 0 aliphatic rings. The molecule has 0 atom stereocenters. The number of rotatable bonds is 7. The highest BCUT2D eigenvalue weighted by molar-refractivity contribution is 5.82. The van der Waals surface area contributed by atoms with Gasteiger partial charge in [-0.3, -0.25) is 9.59 Å². The van der Waals surface area contributed by atoms with Crippen LogP contribution in [0, 0.1) is 0 Å². The van der Waals surface area contributed by atoms with E-state index in [1.165, 1.54) is 12.0 Å². The average molecular weight is 247 g/mol. The minimum absolute atomic E-state index is 0.125. The van der Waals surface area contributed by atoms with Gasteiger partial charge in [-0.2, -0.15) is 0 Å². The summed E-state index contributed by atoms with van der Waals surface area (Å²) in [7, 11) is 1.50. The van der Waals surface area contributed by atoms with Crippen molar-refractivity contribution in [3.63, 3.8) is 0 Å². The molecule has 0 fully saturated rings. The number of carbonyl (C=O) groups excluding carboxylic acids is 1. The number of hydrogen-bond donors (Lipinski definition) is 1. The predicted molar refractivity (Wildman–Crippen MR) is 61.8 cm³/mol. The molecule has 6 nitrogen and oxygen atoms in total. The Hall–Kier alpha value is -1.14. The van der Waals surface area contributed by atoms with Crippen molar-refractivity contribution >= 4 is 11.9 Å². The Morgan fingerprint density at radius 3 is 2.29 bits per heavy atom. The summed E-state index contributed by atoms with van der Waals surface area (Å²) < 4.78 is 10.1. The molecule has 6 heteroatoms. The molecule has 0 aliphatic carbocycles. The fourth-order valence-electron chi connectivity index (χ4n) is 1.03. The lowest BCUT2D eigenvalue weighted by atomic mass is 10.2.